The summed E-state index contributed by atoms with van der Waals surface area (Å²) in [6.07, 6.45) is 3.02. The van der Waals surface area contributed by atoms with Crippen LogP contribution in [0.3, 0.4) is 0 Å². The maximum atomic E-state index is 12.8. The Bertz CT molecular complexity index is 462. The van der Waals surface area contributed by atoms with Crippen molar-refractivity contribution in [3.63, 3.8) is 0 Å². The minimum atomic E-state index is -0.196. The summed E-state index contributed by atoms with van der Waals surface area (Å²) >= 11 is 0. The Morgan fingerprint density at radius 3 is 2.39 bits per heavy atom. The molecule has 0 bridgehead atoms. The molecule has 1 saturated heterocycles. The summed E-state index contributed by atoms with van der Waals surface area (Å²) in [6, 6.07) is 6.74. The molecule has 6 heteroatoms. The molecule has 0 spiro atoms. The predicted molar refractivity (Wildman–Crippen MR) is 91.6 cm³/mol. The molecular weight excluding hydrogens is 319 g/mol. The zero-order valence-corrected chi connectivity index (χ0v) is 14.5. The molecule has 1 amide bonds. The number of ether oxygens (including phenoxy) is 1. The van der Waals surface area contributed by atoms with Gasteiger partial charge in [-0.05, 0) is 50.4 Å². The van der Waals surface area contributed by atoms with E-state index in [4.69, 9.17) is 4.74 Å². The average molecular weight is 345 g/mol. The number of amides is 1. The maximum Gasteiger partial charge on any atom is 0.409 e. The van der Waals surface area contributed by atoms with Crippen LogP contribution in [-0.4, -0.2) is 55.2 Å². The van der Waals surface area contributed by atoms with Crippen molar-refractivity contribution in [2.45, 2.75) is 26.2 Å². The molecule has 4 nitrogen and oxygen atoms in total. The fourth-order valence-electron chi connectivity index (χ4n) is 2.68. The first kappa shape index (κ1) is 19.7. The normalized spacial score (nSPS) is 15.1. The van der Waals surface area contributed by atoms with Crippen LogP contribution in [0.4, 0.5) is 9.18 Å². The summed E-state index contributed by atoms with van der Waals surface area (Å²) < 4.78 is 17.8. The average Bonchev–Trinajstić information content (AvgIpc) is 2.54. The van der Waals surface area contributed by atoms with Gasteiger partial charge < -0.3 is 9.64 Å². The first-order chi connectivity index (χ1) is 10.7. The zero-order chi connectivity index (χ0) is 15.8. The van der Waals surface area contributed by atoms with Crippen molar-refractivity contribution in [1.29, 1.82) is 0 Å². The predicted octanol–water partition coefficient (Wildman–Crippen LogP) is 3.34. The van der Waals surface area contributed by atoms with E-state index in [0.717, 1.165) is 52.0 Å². The van der Waals surface area contributed by atoms with Gasteiger partial charge in [-0.15, -0.1) is 12.4 Å². The van der Waals surface area contributed by atoms with Crippen molar-refractivity contribution in [1.82, 2.24) is 9.80 Å². The smallest absolute Gasteiger partial charge is 0.409 e. The van der Waals surface area contributed by atoms with E-state index in [1.54, 1.807) is 4.90 Å². The second-order valence-corrected chi connectivity index (χ2v) is 5.61. The lowest BCUT2D eigenvalue weighted by Gasteiger charge is -2.34. The number of hydrogen-bond donors (Lipinski definition) is 0. The number of carbonyl (C=O) groups excluding carboxylic acids is 1. The minimum Gasteiger partial charge on any atom is -0.450 e. The molecule has 23 heavy (non-hydrogen) atoms. The third-order valence-electron chi connectivity index (χ3n) is 4.00. The fraction of sp³-hybridized carbons (Fsp3) is 0.588. The summed E-state index contributed by atoms with van der Waals surface area (Å²) in [6.45, 7) is 6.63. The van der Waals surface area contributed by atoms with Crippen molar-refractivity contribution in [2.75, 3.05) is 39.3 Å². The lowest BCUT2D eigenvalue weighted by Crippen LogP contribution is -2.49. The molecule has 1 fully saturated rings. The second kappa shape index (κ2) is 10.4. The van der Waals surface area contributed by atoms with Crippen LogP contribution in [0.1, 0.15) is 25.3 Å². The Balaban J connectivity index is 0.00000264. The molecule has 0 N–H and O–H groups in total. The van der Waals surface area contributed by atoms with Crippen LogP contribution in [0.25, 0.3) is 0 Å². The van der Waals surface area contributed by atoms with Crippen molar-refractivity contribution < 1.29 is 13.9 Å². The monoisotopic (exact) mass is 344 g/mol. The van der Waals surface area contributed by atoms with Gasteiger partial charge in [-0.3, -0.25) is 4.90 Å². The number of hydrogen-bond acceptors (Lipinski definition) is 3. The Hall–Kier alpha value is -1.33. The standard InChI is InChI=1S/C17H25FN2O2.ClH/c1-2-22-17(21)20-13-11-19(12-14-20)10-4-3-5-15-6-8-16(18)9-7-15;/h6-9H,2-5,10-14H2,1H3;1H. The molecule has 0 saturated carbocycles. The summed E-state index contributed by atoms with van der Waals surface area (Å²) in [7, 11) is 0. The van der Waals surface area contributed by atoms with Crippen molar-refractivity contribution >= 4 is 18.5 Å². The zero-order valence-electron chi connectivity index (χ0n) is 13.7. The summed E-state index contributed by atoms with van der Waals surface area (Å²) in [5, 5.41) is 0. The van der Waals surface area contributed by atoms with Gasteiger partial charge in [-0.25, -0.2) is 9.18 Å². The number of aryl methyl sites for hydroxylation is 1. The molecule has 1 aromatic carbocycles. The van der Waals surface area contributed by atoms with Crippen LogP contribution in [0.5, 0.6) is 0 Å². The molecule has 1 aliphatic heterocycles. The van der Waals surface area contributed by atoms with Gasteiger partial charge in [0.25, 0.3) is 0 Å². The van der Waals surface area contributed by atoms with E-state index in [-0.39, 0.29) is 24.3 Å². The minimum absolute atomic E-state index is 0. The van der Waals surface area contributed by atoms with E-state index in [2.05, 4.69) is 4.90 Å². The van der Waals surface area contributed by atoms with Gasteiger partial charge in [-0.2, -0.15) is 0 Å². The molecular formula is C17H26ClFN2O2. The first-order valence-corrected chi connectivity index (χ1v) is 8.07. The van der Waals surface area contributed by atoms with Crippen LogP contribution in [0.2, 0.25) is 0 Å². The Kier molecular flexibility index (Phi) is 8.95. The molecule has 1 aliphatic rings. The quantitative estimate of drug-likeness (QED) is 0.742. The number of unbranched alkanes of at least 4 members (excludes halogenated alkanes) is 1. The molecule has 2 rings (SSSR count). The van der Waals surface area contributed by atoms with E-state index in [0.29, 0.717) is 6.61 Å². The Morgan fingerprint density at radius 1 is 1.13 bits per heavy atom. The van der Waals surface area contributed by atoms with Gasteiger partial charge in [0, 0.05) is 26.2 Å². The van der Waals surface area contributed by atoms with Gasteiger partial charge in [0.15, 0.2) is 0 Å². The number of carbonyl (C=O) groups is 1. The highest BCUT2D eigenvalue weighted by Gasteiger charge is 2.21. The van der Waals surface area contributed by atoms with Gasteiger partial charge in [0.2, 0.25) is 0 Å². The van der Waals surface area contributed by atoms with Crippen molar-refractivity contribution in [3.05, 3.63) is 35.6 Å². The number of nitrogens with zero attached hydrogens (tertiary/aromatic N) is 2. The van der Waals surface area contributed by atoms with Gasteiger partial charge in [0.1, 0.15) is 5.82 Å². The molecule has 0 aromatic heterocycles. The Morgan fingerprint density at radius 2 is 1.78 bits per heavy atom. The van der Waals surface area contributed by atoms with Crippen LogP contribution in [-0.2, 0) is 11.2 Å². The summed E-state index contributed by atoms with van der Waals surface area (Å²) in [5.74, 6) is -0.178. The molecule has 1 aromatic rings. The van der Waals surface area contributed by atoms with E-state index in [9.17, 15) is 9.18 Å². The molecule has 0 unspecified atom stereocenters. The first-order valence-electron chi connectivity index (χ1n) is 8.07. The number of piperazine rings is 1. The maximum absolute atomic E-state index is 12.8. The third kappa shape index (κ3) is 6.75. The highest BCUT2D eigenvalue weighted by molar-refractivity contribution is 5.85. The van der Waals surface area contributed by atoms with Crippen LogP contribution in [0.15, 0.2) is 24.3 Å². The topological polar surface area (TPSA) is 32.8 Å². The van der Waals surface area contributed by atoms with Gasteiger partial charge in [-0.1, -0.05) is 12.1 Å². The Labute approximate surface area is 144 Å². The number of halogens is 2. The van der Waals surface area contributed by atoms with E-state index >= 15 is 0 Å². The fourth-order valence-corrected chi connectivity index (χ4v) is 2.68. The molecule has 1 heterocycles. The summed E-state index contributed by atoms with van der Waals surface area (Å²) in [5.41, 5.74) is 1.19. The van der Waals surface area contributed by atoms with E-state index in [1.807, 2.05) is 19.1 Å². The molecule has 0 radical (unpaired) electrons. The van der Waals surface area contributed by atoms with Gasteiger partial charge >= 0.3 is 6.09 Å². The lowest BCUT2D eigenvalue weighted by atomic mass is 10.1. The van der Waals surface area contributed by atoms with Gasteiger partial charge in [0.05, 0.1) is 6.61 Å². The SMILES string of the molecule is CCOC(=O)N1CCN(CCCCc2ccc(F)cc2)CC1.Cl. The van der Waals surface area contributed by atoms with Crippen molar-refractivity contribution in [3.8, 4) is 0 Å². The van der Waals surface area contributed by atoms with E-state index < -0.39 is 0 Å². The second-order valence-electron chi connectivity index (χ2n) is 5.61. The molecule has 0 atom stereocenters. The number of rotatable bonds is 6. The summed E-state index contributed by atoms with van der Waals surface area (Å²) in [4.78, 5) is 15.8. The highest BCUT2D eigenvalue weighted by atomic mass is 35.5. The van der Waals surface area contributed by atoms with Crippen LogP contribution in [0, 0.1) is 5.82 Å². The van der Waals surface area contributed by atoms with E-state index in [1.165, 1.54) is 17.7 Å². The third-order valence-corrected chi connectivity index (χ3v) is 4.00. The lowest BCUT2D eigenvalue weighted by molar-refractivity contribution is 0.0792. The molecule has 130 valence electrons. The largest absolute Gasteiger partial charge is 0.450 e. The van der Waals surface area contributed by atoms with Crippen molar-refractivity contribution in [2.24, 2.45) is 0 Å². The van der Waals surface area contributed by atoms with Crippen LogP contribution >= 0.6 is 12.4 Å². The van der Waals surface area contributed by atoms with Crippen LogP contribution < -0.4 is 0 Å². The highest BCUT2D eigenvalue weighted by Crippen LogP contribution is 2.09. The molecule has 0 aliphatic carbocycles. The number of benzene rings is 1.